The predicted molar refractivity (Wildman–Crippen MR) is 91.3 cm³/mol. The molecule has 126 valence electrons. The summed E-state index contributed by atoms with van der Waals surface area (Å²) in [5, 5.41) is 6.85. The molecule has 23 heavy (non-hydrogen) atoms. The van der Waals surface area contributed by atoms with Crippen LogP contribution in [0.5, 0.6) is 0 Å². The van der Waals surface area contributed by atoms with Gasteiger partial charge in [0.2, 0.25) is 5.91 Å². The second kappa shape index (κ2) is 7.45. The molecular formula is C17H25N3O2S. The number of piperidine rings is 1. The molecule has 5 nitrogen and oxygen atoms in total. The molecule has 0 radical (unpaired) electrons. The summed E-state index contributed by atoms with van der Waals surface area (Å²) in [4.78, 5) is 26.6. The van der Waals surface area contributed by atoms with Crippen LogP contribution in [0.15, 0.2) is 16.8 Å². The normalized spacial score (nSPS) is 26.0. The average Bonchev–Trinajstić information content (AvgIpc) is 3.09. The largest absolute Gasteiger partial charge is 0.349 e. The summed E-state index contributed by atoms with van der Waals surface area (Å²) in [5.74, 6) is 0.368. The molecule has 0 spiro atoms. The van der Waals surface area contributed by atoms with Crippen LogP contribution < -0.4 is 11.1 Å². The quantitative estimate of drug-likeness (QED) is 0.887. The van der Waals surface area contributed by atoms with Gasteiger partial charge in [0.1, 0.15) is 0 Å². The van der Waals surface area contributed by atoms with Crippen molar-refractivity contribution >= 4 is 23.2 Å². The van der Waals surface area contributed by atoms with Crippen molar-refractivity contribution in [3.63, 3.8) is 0 Å². The molecule has 2 unspecified atom stereocenters. The Morgan fingerprint density at radius 2 is 2.00 bits per heavy atom. The van der Waals surface area contributed by atoms with Gasteiger partial charge in [0.25, 0.3) is 5.91 Å². The average molecular weight is 335 g/mol. The molecule has 1 aliphatic heterocycles. The van der Waals surface area contributed by atoms with Crippen LogP contribution in [0.1, 0.15) is 48.9 Å². The summed E-state index contributed by atoms with van der Waals surface area (Å²) in [6.45, 7) is 1.47. The Kier molecular flexibility index (Phi) is 5.33. The van der Waals surface area contributed by atoms with Crippen LogP contribution in [0, 0.1) is 5.92 Å². The van der Waals surface area contributed by atoms with Crippen LogP contribution in [-0.2, 0) is 4.79 Å². The first kappa shape index (κ1) is 16.5. The van der Waals surface area contributed by atoms with E-state index in [1.165, 1.54) is 11.3 Å². The zero-order valence-electron chi connectivity index (χ0n) is 13.4. The second-order valence-electron chi connectivity index (χ2n) is 6.71. The van der Waals surface area contributed by atoms with Crippen LogP contribution in [0.4, 0.5) is 0 Å². The van der Waals surface area contributed by atoms with E-state index >= 15 is 0 Å². The smallest absolute Gasteiger partial charge is 0.252 e. The Labute approximate surface area is 141 Å². The summed E-state index contributed by atoms with van der Waals surface area (Å²) in [5.41, 5.74) is 6.72. The van der Waals surface area contributed by atoms with Gasteiger partial charge in [-0.1, -0.05) is 6.42 Å². The first-order chi connectivity index (χ1) is 11.1. The third kappa shape index (κ3) is 4.12. The fourth-order valence-corrected chi connectivity index (χ4v) is 4.25. The maximum Gasteiger partial charge on any atom is 0.252 e. The van der Waals surface area contributed by atoms with E-state index in [0.29, 0.717) is 0 Å². The van der Waals surface area contributed by atoms with Gasteiger partial charge in [0.05, 0.1) is 0 Å². The number of amides is 2. The maximum absolute atomic E-state index is 12.6. The maximum atomic E-state index is 12.6. The fourth-order valence-electron chi connectivity index (χ4n) is 3.62. The highest BCUT2D eigenvalue weighted by molar-refractivity contribution is 7.08. The standard InChI is InChI=1S/C17H25N3O2S/c18-14-3-1-2-12(10-14)17(22)20-7-4-15(5-8-20)19-16(21)13-6-9-23-11-13/h6,9,11-12,14-15H,1-5,7-8,10,18H2,(H,19,21). The van der Waals surface area contributed by atoms with Crippen molar-refractivity contribution < 1.29 is 9.59 Å². The van der Waals surface area contributed by atoms with Crippen molar-refractivity contribution in [2.45, 2.75) is 50.6 Å². The molecule has 1 aromatic heterocycles. The molecule has 2 atom stereocenters. The van der Waals surface area contributed by atoms with E-state index in [9.17, 15) is 9.59 Å². The highest BCUT2D eigenvalue weighted by Crippen LogP contribution is 2.26. The summed E-state index contributed by atoms with van der Waals surface area (Å²) >= 11 is 1.53. The van der Waals surface area contributed by atoms with E-state index in [4.69, 9.17) is 5.73 Å². The molecule has 0 aromatic carbocycles. The summed E-state index contributed by atoms with van der Waals surface area (Å²) in [7, 11) is 0. The lowest BCUT2D eigenvalue weighted by molar-refractivity contribution is -0.137. The minimum absolute atomic E-state index is 0.00530. The number of nitrogens with zero attached hydrogens (tertiary/aromatic N) is 1. The molecule has 0 bridgehead atoms. The van der Waals surface area contributed by atoms with Gasteiger partial charge in [0.15, 0.2) is 0 Å². The van der Waals surface area contributed by atoms with Gasteiger partial charge in [-0.25, -0.2) is 0 Å². The third-order valence-corrected chi connectivity index (χ3v) is 5.67. The molecule has 3 N–H and O–H groups in total. The van der Waals surface area contributed by atoms with Gasteiger partial charge >= 0.3 is 0 Å². The molecule has 2 aliphatic rings. The van der Waals surface area contributed by atoms with E-state index < -0.39 is 0 Å². The highest BCUT2D eigenvalue weighted by atomic mass is 32.1. The van der Waals surface area contributed by atoms with Crippen molar-refractivity contribution in [1.29, 1.82) is 0 Å². The van der Waals surface area contributed by atoms with Crippen molar-refractivity contribution in [1.82, 2.24) is 10.2 Å². The van der Waals surface area contributed by atoms with Crippen molar-refractivity contribution in [2.75, 3.05) is 13.1 Å². The topological polar surface area (TPSA) is 75.4 Å². The number of likely N-dealkylation sites (tertiary alicyclic amines) is 1. The van der Waals surface area contributed by atoms with Gasteiger partial charge in [-0.2, -0.15) is 11.3 Å². The summed E-state index contributed by atoms with van der Waals surface area (Å²) in [6, 6.07) is 2.19. The van der Waals surface area contributed by atoms with E-state index in [-0.39, 0.29) is 29.8 Å². The van der Waals surface area contributed by atoms with E-state index in [1.54, 1.807) is 0 Å². The SMILES string of the molecule is NC1CCCC(C(=O)N2CCC(NC(=O)c3ccsc3)CC2)C1. The molecular weight excluding hydrogens is 310 g/mol. The lowest BCUT2D eigenvalue weighted by Gasteiger charge is -2.36. The number of hydrogen-bond donors (Lipinski definition) is 2. The number of hydrogen-bond acceptors (Lipinski definition) is 4. The Balaban J connectivity index is 1.46. The molecule has 3 rings (SSSR count). The van der Waals surface area contributed by atoms with E-state index in [2.05, 4.69) is 5.32 Å². The van der Waals surface area contributed by atoms with E-state index in [1.807, 2.05) is 21.7 Å². The van der Waals surface area contributed by atoms with Crippen molar-refractivity contribution in [2.24, 2.45) is 11.7 Å². The zero-order chi connectivity index (χ0) is 16.2. The van der Waals surface area contributed by atoms with Crippen LogP contribution in [-0.4, -0.2) is 41.9 Å². The van der Waals surface area contributed by atoms with Crippen LogP contribution >= 0.6 is 11.3 Å². The predicted octanol–water partition coefficient (Wildman–Crippen LogP) is 1.99. The molecule has 2 heterocycles. The summed E-state index contributed by atoms with van der Waals surface area (Å²) < 4.78 is 0. The number of nitrogens with two attached hydrogens (primary N) is 1. The molecule has 2 amide bonds. The van der Waals surface area contributed by atoms with Gasteiger partial charge in [0, 0.05) is 42.0 Å². The number of rotatable bonds is 3. The van der Waals surface area contributed by atoms with Gasteiger partial charge in [-0.3, -0.25) is 9.59 Å². The van der Waals surface area contributed by atoms with Crippen LogP contribution in [0.25, 0.3) is 0 Å². The minimum atomic E-state index is -0.00530. The second-order valence-corrected chi connectivity index (χ2v) is 7.49. The number of thiophene rings is 1. The minimum Gasteiger partial charge on any atom is -0.349 e. The first-order valence-corrected chi connectivity index (χ1v) is 9.45. The Morgan fingerprint density at radius 3 is 2.65 bits per heavy atom. The van der Waals surface area contributed by atoms with Crippen LogP contribution in [0.3, 0.4) is 0 Å². The Bertz CT molecular complexity index is 538. The molecule has 2 fully saturated rings. The van der Waals surface area contributed by atoms with Crippen molar-refractivity contribution in [3.05, 3.63) is 22.4 Å². The van der Waals surface area contributed by atoms with Crippen LogP contribution in [0.2, 0.25) is 0 Å². The first-order valence-electron chi connectivity index (χ1n) is 8.51. The number of carbonyl (C=O) groups is 2. The summed E-state index contributed by atoms with van der Waals surface area (Å²) in [6.07, 6.45) is 5.57. The molecule has 1 saturated carbocycles. The highest BCUT2D eigenvalue weighted by Gasteiger charge is 2.31. The third-order valence-electron chi connectivity index (χ3n) is 4.99. The molecule has 6 heteroatoms. The van der Waals surface area contributed by atoms with Gasteiger partial charge in [-0.05, 0) is 43.6 Å². The fraction of sp³-hybridized carbons (Fsp3) is 0.647. The number of nitrogens with one attached hydrogen (secondary N) is 1. The zero-order valence-corrected chi connectivity index (χ0v) is 14.2. The number of carbonyl (C=O) groups excluding carboxylic acids is 2. The lowest BCUT2D eigenvalue weighted by atomic mass is 9.85. The van der Waals surface area contributed by atoms with Gasteiger partial charge < -0.3 is 16.0 Å². The van der Waals surface area contributed by atoms with Crippen molar-refractivity contribution in [3.8, 4) is 0 Å². The lowest BCUT2D eigenvalue weighted by Crippen LogP contribution is -2.49. The molecule has 1 aliphatic carbocycles. The molecule has 1 aromatic rings. The Morgan fingerprint density at radius 1 is 1.22 bits per heavy atom. The molecule has 1 saturated heterocycles. The van der Waals surface area contributed by atoms with E-state index in [0.717, 1.165) is 57.2 Å². The Hall–Kier alpha value is -1.40. The van der Waals surface area contributed by atoms with Gasteiger partial charge in [-0.15, -0.1) is 0 Å². The monoisotopic (exact) mass is 335 g/mol.